The Morgan fingerprint density at radius 1 is 1.42 bits per heavy atom. The van der Waals surface area contributed by atoms with E-state index in [1.54, 1.807) is 17.5 Å². The molecule has 0 saturated carbocycles. The molecule has 2 amide bonds. The quantitative estimate of drug-likeness (QED) is 0.673. The SMILES string of the molecule is CC(C)CCCNC(=O)NC(C(=O)O)c1cccs1. The van der Waals surface area contributed by atoms with Gasteiger partial charge >= 0.3 is 12.0 Å². The molecule has 19 heavy (non-hydrogen) atoms. The molecule has 0 aromatic carbocycles. The second kappa shape index (κ2) is 7.78. The third-order valence-electron chi connectivity index (χ3n) is 2.59. The number of rotatable bonds is 7. The molecule has 0 aliphatic rings. The predicted molar refractivity (Wildman–Crippen MR) is 75.3 cm³/mol. The van der Waals surface area contributed by atoms with Crippen molar-refractivity contribution in [2.45, 2.75) is 32.7 Å². The molecule has 1 rings (SSSR count). The molecule has 0 spiro atoms. The van der Waals surface area contributed by atoms with Crippen molar-refractivity contribution < 1.29 is 14.7 Å². The molecular formula is C13H20N2O3S. The van der Waals surface area contributed by atoms with Crippen LogP contribution in [0, 0.1) is 5.92 Å². The summed E-state index contributed by atoms with van der Waals surface area (Å²) in [7, 11) is 0. The molecule has 0 aliphatic heterocycles. The molecule has 1 heterocycles. The zero-order valence-electron chi connectivity index (χ0n) is 11.2. The maximum Gasteiger partial charge on any atom is 0.331 e. The van der Waals surface area contributed by atoms with Gasteiger partial charge in [-0.3, -0.25) is 0 Å². The van der Waals surface area contributed by atoms with E-state index in [2.05, 4.69) is 24.5 Å². The van der Waals surface area contributed by atoms with E-state index < -0.39 is 18.0 Å². The van der Waals surface area contributed by atoms with Crippen LogP contribution < -0.4 is 10.6 Å². The Balaban J connectivity index is 2.39. The first-order valence-electron chi connectivity index (χ1n) is 6.31. The normalized spacial score (nSPS) is 12.2. The fourth-order valence-electron chi connectivity index (χ4n) is 1.60. The Kier molecular flexibility index (Phi) is 6.35. The van der Waals surface area contributed by atoms with Gasteiger partial charge in [-0.2, -0.15) is 0 Å². The standard InChI is InChI=1S/C13H20N2O3S/c1-9(2)5-3-7-14-13(18)15-11(12(16)17)10-6-4-8-19-10/h4,6,8-9,11H,3,5,7H2,1-2H3,(H,16,17)(H2,14,15,18). The highest BCUT2D eigenvalue weighted by Crippen LogP contribution is 2.18. The second-order valence-corrected chi connectivity index (χ2v) is 5.70. The molecule has 0 aliphatic carbocycles. The van der Waals surface area contributed by atoms with Gasteiger partial charge in [0.15, 0.2) is 6.04 Å². The van der Waals surface area contributed by atoms with E-state index in [1.807, 2.05) is 0 Å². The first kappa shape index (κ1) is 15.5. The molecule has 1 aromatic rings. The summed E-state index contributed by atoms with van der Waals surface area (Å²) in [4.78, 5) is 23.3. The number of hydrogen-bond acceptors (Lipinski definition) is 3. The lowest BCUT2D eigenvalue weighted by Gasteiger charge is -2.14. The zero-order chi connectivity index (χ0) is 14.3. The number of hydrogen-bond donors (Lipinski definition) is 3. The molecular weight excluding hydrogens is 264 g/mol. The number of urea groups is 1. The van der Waals surface area contributed by atoms with E-state index >= 15 is 0 Å². The summed E-state index contributed by atoms with van der Waals surface area (Å²) in [6.07, 6.45) is 1.93. The fourth-order valence-corrected chi connectivity index (χ4v) is 2.37. The minimum Gasteiger partial charge on any atom is -0.479 e. The molecule has 0 radical (unpaired) electrons. The summed E-state index contributed by atoms with van der Waals surface area (Å²) in [6.45, 7) is 4.80. The van der Waals surface area contributed by atoms with E-state index in [0.717, 1.165) is 12.8 Å². The predicted octanol–water partition coefficient (Wildman–Crippen LogP) is 2.61. The number of carboxylic acid groups (broad SMARTS) is 1. The Labute approximate surface area is 117 Å². The maximum atomic E-state index is 11.6. The van der Waals surface area contributed by atoms with Crippen molar-refractivity contribution in [3.63, 3.8) is 0 Å². The van der Waals surface area contributed by atoms with Gasteiger partial charge < -0.3 is 15.7 Å². The lowest BCUT2D eigenvalue weighted by atomic mass is 10.1. The van der Waals surface area contributed by atoms with Gasteiger partial charge in [-0.1, -0.05) is 19.9 Å². The number of nitrogens with one attached hydrogen (secondary N) is 2. The average Bonchev–Trinajstić information content (AvgIpc) is 2.84. The molecule has 106 valence electrons. The smallest absolute Gasteiger partial charge is 0.331 e. The van der Waals surface area contributed by atoms with E-state index in [4.69, 9.17) is 5.11 Å². The van der Waals surface area contributed by atoms with Gasteiger partial charge in [0.1, 0.15) is 0 Å². The number of thiophene rings is 1. The van der Waals surface area contributed by atoms with Gasteiger partial charge in [-0.25, -0.2) is 9.59 Å². The molecule has 1 aromatic heterocycles. The number of carbonyl (C=O) groups is 2. The number of amides is 2. The summed E-state index contributed by atoms with van der Waals surface area (Å²) >= 11 is 1.31. The van der Waals surface area contributed by atoms with Gasteiger partial charge in [0.2, 0.25) is 0 Å². The third kappa shape index (κ3) is 5.74. The monoisotopic (exact) mass is 284 g/mol. The van der Waals surface area contributed by atoms with Crippen LogP contribution in [0.25, 0.3) is 0 Å². The lowest BCUT2D eigenvalue weighted by molar-refractivity contribution is -0.139. The highest BCUT2D eigenvalue weighted by Gasteiger charge is 2.22. The van der Waals surface area contributed by atoms with Crippen molar-refractivity contribution in [2.75, 3.05) is 6.54 Å². The second-order valence-electron chi connectivity index (χ2n) is 4.72. The van der Waals surface area contributed by atoms with E-state index in [0.29, 0.717) is 17.3 Å². The first-order chi connectivity index (χ1) is 9.00. The minimum atomic E-state index is -1.06. The molecule has 3 N–H and O–H groups in total. The van der Waals surface area contributed by atoms with Gasteiger partial charge in [0.05, 0.1) is 0 Å². The van der Waals surface area contributed by atoms with Gasteiger partial charge in [0, 0.05) is 11.4 Å². The molecule has 0 fully saturated rings. The van der Waals surface area contributed by atoms with Crippen molar-refractivity contribution in [2.24, 2.45) is 5.92 Å². The van der Waals surface area contributed by atoms with Gasteiger partial charge in [0.25, 0.3) is 0 Å². The molecule has 6 heteroatoms. The fraction of sp³-hybridized carbons (Fsp3) is 0.538. The largest absolute Gasteiger partial charge is 0.479 e. The topological polar surface area (TPSA) is 78.4 Å². The Morgan fingerprint density at radius 3 is 2.68 bits per heavy atom. The van der Waals surface area contributed by atoms with Crippen molar-refractivity contribution >= 4 is 23.3 Å². The van der Waals surface area contributed by atoms with E-state index in [1.165, 1.54) is 11.3 Å². The van der Waals surface area contributed by atoms with Crippen molar-refractivity contribution in [3.05, 3.63) is 22.4 Å². The Hall–Kier alpha value is -1.56. The van der Waals surface area contributed by atoms with Crippen LogP contribution in [0.15, 0.2) is 17.5 Å². The van der Waals surface area contributed by atoms with Gasteiger partial charge in [-0.05, 0) is 30.2 Å². The van der Waals surface area contributed by atoms with E-state index in [9.17, 15) is 9.59 Å². The van der Waals surface area contributed by atoms with Crippen LogP contribution in [-0.4, -0.2) is 23.7 Å². The molecule has 0 saturated heterocycles. The van der Waals surface area contributed by atoms with Crippen molar-refractivity contribution in [3.8, 4) is 0 Å². The number of carboxylic acids is 1. The van der Waals surface area contributed by atoms with Crippen molar-refractivity contribution in [1.82, 2.24) is 10.6 Å². The average molecular weight is 284 g/mol. The third-order valence-corrected chi connectivity index (χ3v) is 3.53. The van der Waals surface area contributed by atoms with E-state index in [-0.39, 0.29) is 0 Å². The van der Waals surface area contributed by atoms with Crippen LogP contribution >= 0.6 is 11.3 Å². The highest BCUT2D eigenvalue weighted by molar-refractivity contribution is 7.10. The number of aliphatic carboxylic acids is 1. The maximum absolute atomic E-state index is 11.6. The molecule has 5 nitrogen and oxygen atoms in total. The van der Waals surface area contributed by atoms with Crippen LogP contribution in [0.2, 0.25) is 0 Å². The number of carbonyl (C=O) groups excluding carboxylic acids is 1. The molecule has 1 atom stereocenters. The molecule has 1 unspecified atom stereocenters. The Morgan fingerprint density at radius 2 is 2.16 bits per heavy atom. The van der Waals surface area contributed by atoms with Gasteiger partial charge in [-0.15, -0.1) is 11.3 Å². The van der Waals surface area contributed by atoms with Crippen LogP contribution in [0.4, 0.5) is 4.79 Å². The highest BCUT2D eigenvalue weighted by atomic mass is 32.1. The minimum absolute atomic E-state index is 0.440. The van der Waals surface area contributed by atoms with Crippen molar-refractivity contribution in [1.29, 1.82) is 0 Å². The van der Waals surface area contributed by atoms with Crippen LogP contribution in [0.5, 0.6) is 0 Å². The Bertz CT molecular complexity index is 404. The summed E-state index contributed by atoms with van der Waals surface area (Å²) in [5.74, 6) is -0.456. The zero-order valence-corrected chi connectivity index (χ0v) is 12.0. The summed E-state index contributed by atoms with van der Waals surface area (Å²) in [5.41, 5.74) is 0. The van der Waals surface area contributed by atoms with Crippen LogP contribution in [0.1, 0.15) is 37.6 Å². The van der Waals surface area contributed by atoms with Crippen LogP contribution in [-0.2, 0) is 4.79 Å². The summed E-state index contributed by atoms with van der Waals surface area (Å²) in [6, 6.07) is 2.04. The summed E-state index contributed by atoms with van der Waals surface area (Å²) < 4.78 is 0. The van der Waals surface area contributed by atoms with Crippen LogP contribution in [0.3, 0.4) is 0 Å². The summed E-state index contributed by atoms with van der Waals surface area (Å²) in [5, 5.41) is 16.0. The lowest BCUT2D eigenvalue weighted by Crippen LogP contribution is -2.41. The molecule has 0 bridgehead atoms. The first-order valence-corrected chi connectivity index (χ1v) is 7.19.